The lowest BCUT2D eigenvalue weighted by atomic mass is 9.98. The van der Waals surface area contributed by atoms with E-state index < -0.39 is 0 Å². The smallest absolute Gasteiger partial charge is 0.0483 e. The minimum atomic E-state index is 0.987. The molecule has 1 nitrogen and oxygen atoms in total. The van der Waals surface area contributed by atoms with E-state index in [4.69, 9.17) is 0 Å². The molecule has 0 fully saturated rings. The fourth-order valence-corrected chi connectivity index (χ4v) is 3.63. The van der Waals surface area contributed by atoms with Gasteiger partial charge in [0.15, 0.2) is 0 Å². The SMILES string of the molecule is CCCCn1cc(Cc2cccc3ccccc23)c2ccccc21. The number of aryl methyl sites for hydroxylation is 1. The van der Waals surface area contributed by atoms with Crippen LogP contribution < -0.4 is 0 Å². The van der Waals surface area contributed by atoms with E-state index in [1.165, 1.54) is 45.6 Å². The molecule has 1 heterocycles. The molecule has 1 heteroatoms. The van der Waals surface area contributed by atoms with Crippen molar-refractivity contribution in [2.24, 2.45) is 0 Å². The fraction of sp³-hybridized carbons (Fsp3) is 0.217. The minimum Gasteiger partial charge on any atom is -0.347 e. The molecular formula is C23H23N. The highest BCUT2D eigenvalue weighted by atomic mass is 15.0. The van der Waals surface area contributed by atoms with Crippen LogP contribution in [0.2, 0.25) is 0 Å². The average Bonchev–Trinajstić information content (AvgIpc) is 2.98. The summed E-state index contributed by atoms with van der Waals surface area (Å²) in [4.78, 5) is 0. The van der Waals surface area contributed by atoms with Gasteiger partial charge in [0.05, 0.1) is 0 Å². The first-order valence-corrected chi connectivity index (χ1v) is 8.90. The summed E-state index contributed by atoms with van der Waals surface area (Å²) in [7, 11) is 0. The van der Waals surface area contributed by atoms with Crippen molar-refractivity contribution in [2.75, 3.05) is 0 Å². The normalized spacial score (nSPS) is 11.4. The summed E-state index contributed by atoms with van der Waals surface area (Å²) in [6.07, 6.45) is 5.81. The first-order chi connectivity index (χ1) is 11.9. The molecule has 120 valence electrons. The predicted octanol–water partition coefficient (Wildman–Crippen LogP) is 6.19. The average molecular weight is 313 g/mol. The van der Waals surface area contributed by atoms with Gasteiger partial charge in [-0.25, -0.2) is 0 Å². The van der Waals surface area contributed by atoms with E-state index in [1.54, 1.807) is 0 Å². The number of hydrogen-bond acceptors (Lipinski definition) is 0. The third kappa shape index (κ3) is 2.71. The summed E-state index contributed by atoms with van der Waals surface area (Å²) < 4.78 is 2.43. The summed E-state index contributed by atoms with van der Waals surface area (Å²) in [5, 5.41) is 4.08. The van der Waals surface area contributed by atoms with Gasteiger partial charge in [-0.3, -0.25) is 0 Å². The van der Waals surface area contributed by atoms with Crippen LogP contribution in [0, 0.1) is 0 Å². The summed E-state index contributed by atoms with van der Waals surface area (Å²) >= 11 is 0. The Morgan fingerprint density at radius 3 is 2.38 bits per heavy atom. The number of nitrogens with zero attached hydrogens (tertiary/aromatic N) is 1. The van der Waals surface area contributed by atoms with Crippen LogP contribution in [0.3, 0.4) is 0 Å². The summed E-state index contributed by atoms with van der Waals surface area (Å²) in [6.45, 7) is 3.36. The monoisotopic (exact) mass is 313 g/mol. The molecule has 0 unspecified atom stereocenters. The van der Waals surface area contributed by atoms with E-state index in [9.17, 15) is 0 Å². The van der Waals surface area contributed by atoms with Gasteiger partial charge in [0, 0.05) is 30.1 Å². The van der Waals surface area contributed by atoms with E-state index in [0.717, 1.165) is 13.0 Å². The van der Waals surface area contributed by atoms with Crippen molar-refractivity contribution in [3.05, 3.63) is 84.1 Å². The Kier molecular flexibility index (Phi) is 4.08. The molecule has 24 heavy (non-hydrogen) atoms. The van der Waals surface area contributed by atoms with Crippen molar-refractivity contribution in [3.63, 3.8) is 0 Å². The van der Waals surface area contributed by atoms with E-state index in [0.29, 0.717) is 0 Å². The topological polar surface area (TPSA) is 4.93 Å². The van der Waals surface area contributed by atoms with Crippen LogP contribution in [0.25, 0.3) is 21.7 Å². The Morgan fingerprint density at radius 1 is 0.750 bits per heavy atom. The maximum Gasteiger partial charge on any atom is 0.0483 e. The second-order valence-corrected chi connectivity index (χ2v) is 6.53. The zero-order chi connectivity index (χ0) is 16.4. The van der Waals surface area contributed by atoms with Crippen LogP contribution in [0.5, 0.6) is 0 Å². The van der Waals surface area contributed by atoms with Crippen LogP contribution >= 0.6 is 0 Å². The summed E-state index contributed by atoms with van der Waals surface area (Å²) in [5.74, 6) is 0. The van der Waals surface area contributed by atoms with Gasteiger partial charge >= 0.3 is 0 Å². The molecule has 0 saturated heterocycles. The molecule has 3 aromatic carbocycles. The van der Waals surface area contributed by atoms with Gasteiger partial charge in [-0.05, 0) is 34.4 Å². The first-order valence-electron chi connectivity index (χ1n) is 8.90. The largest absolute Gasteiger partial charge is 0.347 e. The van der Waals surface area contributed by atoms with Gasteiger partial charge in [-0.2, -0.15) is 0 Å². The van der Waals surface area contributed by atoms with Gasteiger partial charge in [0.25, 0.3) is 0 Å². The molecule has 0 saturated carbocycles. The minimum absolute atomic E-state index is 0.987. The number of para-hydroxylation sites is 1. The molecule has 4 rings (SSSR count). The highest BCUT2D eigenvalue weighted by Gasteiger charge is 2.10. The fourth-order valence-electron chi connectivity index (χ4n) is 3.63. The van der Waals surface area contributed by atoms with E-state index in [2.05, 4.69) is 84.4 Å². The molecule has 1 aromatic heterocycles. The lowest BCUT2D eigenvalue weighted by Gasteiger charge is -2.06. The number of hydrogen-bond donors (Lipinski definition) is 0. The highest BCUT2D eigenvalue weighted by Crippen LogP contribution is 2.27. The lowest BCUT2D eigenvalue weighted by Crippen LogP contribution is -1.95. The first kappa shape index (κ1) is 15.0. The van der Waals surface area contributed by atoms with E-state index >= 15 is 0 Å². The predicted molar refractivity (Wildman–Crippen MR) is 104 cm³/mol. The number of unbranched alkanes of at least 4 members (excludes halogenated alkanes) is 1. The second kappa shape index (κ2) is 6.52. The van der Waals surface area contributed by atoms with Crippen molar-refractivity contribution in [2.45, 2.75) is 32.7 Å². The van der Waals surface area contributed by atoms with E-state index in [-0.39, 0.29) is 0 Å². The third-order valence-electron chi connectivity index (χ3n) is 4.88. The molecule has 0 atom stereocenters. The molecule has 4 aromatic rings. The van der Waals surface area contributed by atoms with Gasteiger partial charge in [-0.1, -0.05) is 74.0 Å². The van der Waals surface area contributed by atoms with Gasteiger partial charge < -0.3 is 4.57 Å². The van der Waals surface area contributed by atoms with Crippen molar-refractivity contribution in [1.82, 2.24) is 4.57 Å². The van der Waals surface area contributed by atoms with Crippen molar-refractivity contribution in [3.8, 4) is 0 Å². The van der Waals surface area contributed by atoms with Crippen molar-refractivity contribution >= 4 is 21.7 Å². The molecule has 0 spiro atoms. The molecule has 0 aliphatic rings. The molecular weight excluding hydrogens is 290 g/mol. The van der Waals surface area contributed by atoms with Crippen LogP contribution in [0.15, 0.2) is 72.9 Å². The van der Waals surface area contributed by atoms with Gasteiger partial charge in [0.2, 0.25) is 0 Å². The van der Waals surface area contributed by atoms with Crippen LogP contribution in [-0.4, -0.2) is 4.57 Å². The number of fused-ring (bicyclic) bond motifs is 2. The zero-order valence-electron chi connectivity index (χ0n) is 14.2. The van der Waals surface area contributed by atoms with Gasteiger partial charge in [0.1, 0.15) is 0 Å². The molecule has 0 aliphatic heterocycles. The maximum atomic E-state index is 2.43. The Balaban J connectivity index is 1.79. The molecule has 0 amide bonds. The number of rotatable bonds is 5. The van der Waals surface area contributed by atoms with E-state index in [1.807, 2.05) is 0 Å². The quantitative estimate of drug-likeness (QED) is 0.414. The standard InChI is InChI=1S/C23H23N/c1-2-3-15-24-17-20(22-13-6-7-14-23(22)24)16-19-11-8-10-18-9-4-5-12-21(18)19/h4-14,17H,2-3,15-16H2,1H3. The Morgan fingerprint density at radius 2 is 1.50 bits per heavy atom. The maximum absolute atomic E-state index is 2.43. The van der Waals surface area contributed by atoms with Crippen LogP contribution in [-0.2, 0) is 13.0 Å². The molecule has 0 aliphatic carbocycles. The third-order valence-corrected chi connectivity index (χ3v) is 4.88. The Hall–Kier alpha value is -2.54. The lowest BCUT2D eigenvalue weighted by molar-refractivity contribution is 0.649. The van der Waals surface area contributed by atoms with Crippen molar-refractivity contribution in [1.29, 1.82) is 0 Å². The molecule has 0 bridgehead atoms. The number of benzene rings is 3. The van der Waals surface area contributed by atoms with Gasteiger partial charge in [-0.15, -0.1) is 0 Å². The van der Waals surface area contributed by atoms with Crippen LogP contribution in [0.4, 0.5) is 0 Å². The van der Waals surface area contributed by atoms with Crippen molar-refractivity contribution < 1.29 is 0 Å². The second-order valence-electron chi connectivity index (χ2n) is 6.53. The summed E-state index contributed by atoms with van der Waals surface area (Å²) in [6, 6.07) is 24.1. The Labute approximate surface area is 143 Å². The number of aromatic nitrogens is 1. The summed E-state index contributed by atoms with van der Waals surface area (Å²) in [5.41, 5.74) is 4.20. The zero-order valence-corrected chi connectivity index (χ0v) is 14.2. The molecule has 0 radical (unpaired) electrons. The highest BCUT2D eigenvalue weighted by molar-refractivity contribution is 5.88. The Bertz CT molecular complexity index is 972. The molecule has 0 N–H and O–H groups in total. The van der Waals surface area contributed by atoms with Crippen LogP contribution in [0.1, 0.15) is 30.9 Å².